The van der Waals surface area contributed by atoms with Crippen molar-refractivity contribution in [2.75, 3.05) is 0 Å². The summed E-state index contributed by atoms with van der Waals surface area (Å²) in [7, 11) is 0. The van der Waals surface area contributed by atoms with Crippen LogP contribution in [0.15, 0.2) is 11.6 Å². The Morgan fingerprint density at radius 1 is 1.46 bits per heavy atom. The molecule has 2 heteroatoms. The van der Waals surface area contributed by atoms with Crippen LogP contribution in [0.4, 0.5) is 0 Å². The number of nitrogens with two attached hydrogens (primary N) is 1. The van der Waals surface area contributed by atoms with E-state index in [0.717, 1.165) is 12.8 Å². The molecule has 2 fully saturated rings. The molecule has 1 aliphatic carbocycles. The van der Waals surface area contributed by atoms with Crippen molar-refractivity contribution in [3.63, 3.8) is 0 Å². The van der Waals surface area contributed by atoms with Crippen molar-refractivity contribution in [3.05, 3.63) is 11.6 Å². The predicted molar refractivity (Wildman–Crippen MR) is 53.5 cm³/mol. The molecule has 0 aromatic heterocycles. The maximum absolute atomic E-state index is 5.87. The standard InChI is InChI=1S/C11H19NO/c1-11(2)4-3-10(13-11)7-8-5-9(12)6-8/h7,9-10H,3-6,12H2,1-2H3. The predicted octanol–water partition coefficient (Wildman–Crippen LogP) is 1.99. The highest BCUT2D eigenvalue weighted by molar-refractivity contribution is 5.17. The molecule has 1 unspecified atom stereocenters. The molecule has 2 aliphatic rings. The van der Waals surface area contributed by atoms with E-state index in [4.69, 9.17) is 10.5 Å². The fourth-order valence-corrected chi connectivity index (χ4v) is 2.15. The van der Waals surface area contributed by atoms with Crippen LogP contribution < -0.4 is 5.73 Å². The van der Waals surface area contributed by atoms with Gasteiger partial charge in [0.1, 0.15) is 0 Å². The molecule has 0 aromatic rings. The summed E-state index contributed by atoms with van der Waals surface area (Å²) in [4.78, 5) is 0. The lowest BCUT2D eigenvalue weighted by molar-refractivity contribution is 0.00459. The molecule has 0 spiro atoms. The van der Waals surface area contributed by atoms with E-state index in [2.05, 4.69) is 19.9 Å². The first-order chi connectivity index (χ1) is 6.05. The second-order valence-electron chi connectivity index (χ2n) is 4.95. The summed E-state index contributed by atoms with van der Waals surface area (Å²) >= 11 is 0. The second kappa shape index (κ2) is 3.10. The Hall–Kier alpha value is -0.340. The Kier molecular flexibility index (Phi) is 2.20. The van der Waals surface area contributed by atoms with Gasteiger partial charge in [-0.05, 0) is 39.5 Å². The number of hydrogen-bond acceptors (Lipinski definition) is 2. The fourth-order valence-electron chi connectivity index (χ4n) is 2.15. The third-order valence-electron chi connectivity index (χ3n) is 2.97. The van der Waals surface area contributed by atoms with Crippen LogP contribution in [-0.2, 0) is 4.74 Å². The molecule has 1 saturated heterocycles. The minimum atomic E-state index is 0.0909. The summed E-state index contributed by atoms with van der Waals surface area (Å²) in [6.45, 7) is 4.33. The maximum atomic E-state index is 5.87. The van der Waals surface area contributed by atoms with Gasteiger partial charge >= 0.3 is 0 Å². The molecule has 13 heavy (non-hydrogen) atoms. The summed E-state index contributed by atoms with van der Waals surface area (Å²) in [6, 6.07) is 0.417. The Morgan fingerprint density at radius 3 is 2.62 bits per heavy atom. The molecule has 2 rings (SSSR count). The monoisotopic (exact) mass is 181 g/mol. The van der Waals surface area contributed by atoms with Gasteiger partial charge in [0.2, 0.25) is 0 Å². The molecule has 2 N–H and O–H groups in total. The van der Waals surface area contributed by atoms with E-state index in [1.165, 1.54) is 18.4 Å². The molecule has 2 nitrogen and oxygen atoms in total. The Morgan fingerprint density at radius 2 is 2.15 bits per heavy atom. The van der Waals surface area contributed by atoms with Gasteiger partial charge in [-0.25, -0.2) is 0 Å². The van der Waals surface area contributed by atoms with Crippen molar-refractivity contribution < 1.29 is 4.74 Å². The van der Waals surface area contributed by atoms with Gasteiger partial charge in [-0.1, -0.05) is 11.6 Å². The first kappa shape index (κ1) is 9.22. The van der Waals surface area contributed by atoms with Gasteiger partial charge in [-0.15, -0.1) is 0 Å². The van der Waals surface area contributed by atoms with Crippen molar-refractivity contribution in [1.29, 1.82) is 0 Å². The van der Waals surface area contributed by atoms with Crippen LogP contribution in [0.5, 0.6) is 0 Å². The molecule has 1 saturated carbocycles. The van der Waals surface area contributed by atoms with E-state index in [9.17, 15) is 0 Å². The minimum Gasteiger partial charge on any atom is -0.368 e. The van der Waals surface area contributed by atoms with Crippen molar-refractivity contribution in [3.8, 4) is 0 Å². The molecule has 1 heterocycles. The van der Waals surface area contributed by atoms with E-state index in [1.807, 2.05) is 0 Å². The Bertz CT molecular complexity index is 224. The zero-order chi connectivity index (χ0) is 9.47. The van der Waals surface area contributed by atoms with E-state index in [-0.39, 0.29) is 5.60 Å². The van der Waals surface area contributed by atoms with Gasteiger partial charge in [0.05, 0.1) is 11.7 Å². The molecule has 1 aliphatic heterocycles. The van der Waals surface area contributed by atoms with Gasteiger partial charge in [0.25, 0.3) is 0 Å². The second-order valence-corrected chi connectivity index (χ2v) is 4.95. The van der Waals surface area contributed by atoms with E-state index in [0.29, 0.717) is 12.1 Å². The van der Waals surface area contributed by atoms with Gasteiger partial charge in [0, 0.05) is 6.04 Å². The van der Waals surface area contributed by atoms with E-state index in [1.54, 1.807) is 0 Å². The van der Waals surface area contributed by atoms with E-state index >= 15 is 0 Å². The van der Waals surface area contributed by atoms with Gasteiger partial charge in [-0.2, -0.15) is 0 Å². The number of ether oxygens (including phenoxy) is 1. The quantitative estimate of drug-likeness (QED) is 0.628. The molecule has 0 bridgehead atoms. The van der Waals surface area contributed by atoms with Crippen molar-refractivity contribution in [2.24, 2.45) is 5.73 Å². The summed E-state index contributed by atoms with van der Waals surface area (Å²) in [6.07, 6.45) is 7.16. The highest BCUT2D eigenvalue weighted by atomic mass is 16.5. The third-order valence-corrected chi connectivity index (χ3v) is 2.97. The van der Waals surface area contributed by atoms with Crippen LogP contribution in [0.1, 0.15) is 39.5 Å². The summed E-state index contributed by atoms with van der Waals surface area (Å²) in [5.74, 6) is 0. The van der Waals surface area contributed by atoms with Crippen LogP contribution >= 0.6 is 0 Å². The lowest BCUT2D eigenvalue weighted by Crippen LogP contribution is -2.31. The minimum absolute atomic E-state index is 0.0909. The SMILES string of the molecule is CC1(C)CCC(C=C2CC(N)C2)O1. The lowest BCUT2D eigenvalue weighted by atomic mass is 9.86. The van der Waals surface area contributed by atoms with Crippen LogP contribution in [0, 0.1) is 0 Å². The highest BCUT2D eigenvalue weighted by Gasteiger charge is 2.31. The smallest absolute Gasteiger partial charge is 0.0766 e. The molecule has 0 radical (unpaired) electrons. The van der Waals surface area contributed by atoms with Crippen LogP contribution in [0.25, 0.3) is 0 Å². The highest BCUT2D eigenvalue weighted by Crippen LogP contribution is 2.33. The number of rotatable bonds is 1. The van der Waals surface area contributed by atoms with E-state index < -0.39 is 0 Å². The third kappa shape index (κ3) is 2.12. The zero-order valence-electron chi connectivity index (χ0n) is 8.55. The van der Waals surface area contributed by atoms with Crippen molar-refractivity contribution in [2.45, 2.75) is 57.3 Å². The van der Waals surface area contributed by atoms with Crippen molar-refractivity contribution in [1.82, 2.24) is 0 Å². The molecule has 1 atom stereocenters. The Balaban J connectivity index is 1.87. The number of hydrogen-bond donors (Lipinski definition) is 1. The van der Waals surface area contributed by atoms with Crippen LogP contribution in [-0.4, -0.2) is 17.7 Å². The first-order valence-electron chi connectivity index (χ1n) is 5.18. The Labute approximate surface area is 80.1 Å². The molecular formula is C11H19NO. The average Bonchev–Trinajstić information content (AvgIpc) is 2.27. The van der Waals surface area contributed by atoms with Gasteiger partial charge < -0.3 is 10.5 Å². The molecule has 74 valence electrons. The molecule has 0 aromatic carbocycles. The fraction of sp³-hybridized carbons (Fsp3) is 0.818. The summed E-state index contributed by atoms with van der Waals surface area (Å²) in [5, 5.41) is 0. The average molecular weight is 181 g/mol. The lowest BCUT2D eigenvalue weighted by Gasteiger charge is -2.26. The maximum Gasteiger partial charge on any atom is 0.0766 e. The van der Waals surface area contributed by atoms with Crippen LogP contribution in [0.2, 0.25) is 0 Å². The zero-order valence-corrected chi connectivity index (χ0v) is 8.55. The van der Waals surface area contributed by atoms with Crippen molar-refractivity contribution >= 4 is 0 Å². The molecule has 0 amide bonds. The summed E-state index contributed by atoms with van der Waals surface area (Å²) < 4.78 is 5.87. The summed E-state index contributed by atoms with van der Waals surface area (Å²) in [5.41, 5.74) is 7.30. The first-order valence-corrected chi connectivity index (χ1v) is 5.18. The molecular weight excluding hydrogens is 162 g/mol. The van der Waals surface area contributed by atoms with Gasteiger partial charge in [-0.3, -0.25) is 0 Å². The normalized spacial score (nSPS) is 37.3. The van der Waals surface area contributed by atoms with Gasteiger partial charge in [0.15, 0.2) is 0 Å². The topological polar surface area (TPSA) is 35.2 Å². The van der Waals surface area contributed by atoms with Crippen LogP contribution in [0.3, 0.4) is 0 Å². The largest absolute Gasteiger partial charge is 0.368 e.